The van der Waals surface area contributed by atoms with Crippen molar-refractivity contribution in [2.45, 2.75) is 0 Å². The largest absolute Gasteiger partial charge is 0.319 e. The number of carbonyl (C=O) groups is 2. The van der Waals surface area contributed by atoms with E-state index in [0.29, 0.717) is 11.1 Å². The van der Waals surface area contributed by atoms with Crippen LogP contribution in [-0.2, 0) is 32.7 Å². The van der Waals surface area contributed by atoms with E-state index in [1.165, 1.54) is 0 Å². The zero-order valence-electron chi connectivity index (χ0n) is 6.28. The number of rotatable bonds is 0. The number of benzene rings is 1. The second kappa shape index (κ2) is 3.50. The molecule has 0 saturated carbocycles. The molecular formula is C9H5O2Y-. The summed E-state index contributed by atoms with van der Waals surface area (Å²) in [5.41, 5.74) is 1.05. The van der Waals surface area contributed by atoms with Crippen molar-refractivity contribution in [1.29, 1.82) is 0 Å². The van der Waals surface area contributed by atoms with Crippen LogP contribution >= 0.6 is 0 Å². The number of Topliss-reactive ketones (excluding diaryl/α,β-unsaturated/α-hetero) is 2. The van der Waals surface area contributed by atoms with Gasteiger partial charge in [-0.05, 0) is 0 Å². The Labute approximate surface area is 95.2 Å². The maximum absolute atomic E-state index is 11.0. The summed E-state index contributed by atoms with van der Waals surface area (Å²) in [5.74, 6) is -0.351. The first-order valence-corrected chi connectivity index (χ1v) is 3.31. The van der Waals surface area contributed by atoms with Gasteiger partial charge in [0.2, 0.25) is 0 Å². The van der Waals surface area contributed by atoms with Crippen LogP contribution in [-0.4, -0.2) is 11.6 Å². The van der Waals surface area contributed by atoms with Gasteiger partial charge in [0.05, 0.1) is 11.6 Å². The molecule has 1 aromatic rings. The third-order valence-corrected chi connectivity index (χ3v) is 1.72. The molecule has 0 amide bonds. The third kappa shape index (κ3) is 1.37. The fourth-order valence-electron chi connectivity index (χ4n) is 1.19. The summed E-state index contributed by atoms with van der Waals surface area (Å²) in [5, 5.41) is 0. The standard InChI is InChI=1S/C9H5O2.Y/c10-8-5-9(11)7-4-2-1-3-6(7)8;/h1-5H;/q-1;. The Kier molecular flexibility index (Phi) is 2.81. The average molecular weight is 234 g/mol. The van der Waals surface area contributed by atoms with Crippen molar-refractivity contribution in [3.63, 3.8) is 0 Å². The molecule has 2 nitrogen and oxygen atoms in total. The zero-order chi connectivity index (χ0) is 7.84. The predicted molar refractivity (Wildman–Crippen MR) is 39.4 cm³/mol. The molecule has 0 aromatic heterocycles. The van der Waals surface area contributed by atoms with Crippen molar-refractivity contribution >= 4 is 11.6 Å². The SMILES string of the molecule is O=C1[CH-]C(=O)c2ccccc21.[Y]. The summed E-state index contributed by atoms with van der Waals surface area (Å²) in [7, 11) is 0. The summed E-state index contributed by atoms with van der Waals surface area (Å²) in [6.45, 7) is 0. The maximum Gasteiger partial charge on any atom is 0.0720 e. The van der Waals surface area contributed by atoms with Gasteiger partial charge in [0, 0.05) is 32.7 Å². The van der Waals surface area contributed by atoms with E-state index in [0.717, 1.165) is 6.42 Å². The van der Waals surface area contributed by atoms with Gasteiger partial charge in [0.15, 0.2) is 0 Å². The van der Waals surface area contributed by atoms with Crippen LogP contribution < -0.4 is 0 Å². The normalized spacial score (nSPS) is 13.3. The topological polar surface area (TPSA) is 34.1 Å². The van der Waals surface area contributed by atoms with Gasteiger partial charge in [-0.3, -0.25) is 0 Å². The summed E-state index contributed by atoms with van der Waals surface area (Å²) in [6, 6.07) is 6.84. The molecule has 0 bridgehead atoms. The number of hydrogen-bond donors (Lipinski definition) is 0. The van der Waals surface area contributed by atoms with Gasteiger partial charge < -0.3 is 9.59 Å². The second-order valence-electron chi connectivity index (χ2n) is 2.42. The minimum Gasteiger partial charge on any atom is -0.319 e. The Hall–Kier alpha value is -0.466. The minimum absolute atomic E-state index is 0. The quantitative estimate of drug-likeness (QED) is 0.633. The van der Waals surface area contributed by atoms with Crippen LogP contribution in [0.5, 0.6) is 0 Å². The third-order valence-electron chi connectivity index (χ3n) is 1.72. The number of carbonyl (C=O) groups excluding carboxylic acids is 2. The van der Waals surface area contributed by atoms with Gasteiger partial charge in [-0.2, -0.15) is 0 Å². The van der Waals surface area contributed by atoms with Crippen molar-refractivity contribution in [3.8, 4) is 0 Å². The maximum atomic E-state index is 11.0. The molecule has 57 valence electrons. The van der Waals surface area contributed by atoms with Crippen LogP contribution in [0.15, 0.2) is 24.3 Å². The van der Waals surface area contributed by atoms with Crippen LogP contribution in [0, 0.1) is 6.42 Å². The van der Waals surface area contributed by atoms with Gasteiger partial charge >= 0.3 is 0 Å². The summed E-state index contributed by atoms with van der Waals surface area (Å²) >= 11 is 0. The molecule has 0 spiro atoms. The van der Waals surface area contributed by atoms with Crippen LogP contribution in [0.1, 0.15) is 20.7 Å². The monoisotopic (exact) mass is 234 g/mol. The Morgan fingerprint density at radius 1 is 0.917 bits per heavy atom. The van der Waals surface area contributed by atoms with Crippen molar-refractivity contribution in [2.75, 3.05) is 0 Å². The van der Waals surface area contributed by atoms with E-state index in [4.69, 9.17) is 0 Å². The van der Waals surface area contributed by atoms with E-state index in [1.54, 1.807) is 24.3 Å². The minimum atomic E-state index is -0.175. The predicted octanol–water partition coefficient (Wildman–Crippen LogP) is 1.27. The molecule has 2 rings (SSSR count). The number of fused-ring (bicyclic) bond motifs is 1. The second-order valence-corrected chi connectivity index (χ2v) is 2.42. The van der Waals surface area contributed by atoms with E-state index in [1.807, 2.05) is 0 Å². The van der Waals surface area contributed by atoms with Crippen LogP contribution in [0.25, 0.3) is 0 Å². The first-order valence-electron chi connectivity index (χ1n) is 3.31. The first-order chi connectivity index (χ1) is 5.29. The number of ketones is 2. The molecule has 0 N–H and O–H groups in total. The Morgan fingerprint density at radius 3 is 1.75 bits per heavy atom. The summed E-state index contributed by atoms with van der Waals surface area (Å²) in [4.78, 5) is 22.0. The fourth-order valence-corrected chi connectivity index (χ4v) is 1.19. The first kappa shape index (κ1) is 9.62. The molecule has 1 aliphatic rings. The molecule has 1 radical (unpaired) electrons. The smallest absolute Gasteiger partial charge is 0.0720 e. The molecule has 0 saturated heterocycles. The Balaban J connectivity index is 0.000000720. The van der Waals surface area contributed by atoms with Crippen LogP contribution in [0.2, 0.25) is 0 Å². The van der Waals surface area contributed by atoms with E-state index >= 15 is 0 Å². The molecular weight excluding hydrogens is 229 g/mol. The Bertz CT molecular complexity index is 311. The van der Waals surface area contributed by atoms with Crippen LogP contribution in [0.3, 0.4) is 0 Å². The molecule has 0 atom stereocenters. The van der Waals surface area contributed by atoms with E-state index in [9.17, 15) is 9.59 Å². The van der Waals surface area contributed by atoms with Crippen molar-refractivity contribution < 1.29 is 42.3 Å². The molecule has 0 fully saturated rings. The van der Waals surface area contributed by atoms with Gasteiger partial charge in [-0.25, -0.2) is 0 Å². The van der Waals surface area contributed by atoms with Crippen molar-refractivity contribution in [3.05, 3.63) is 41.8 Å². The van der Waals surface area contributed by atoms with Crippen LogP contribution in [0.4, 0.5) is 0 Å². The number of hydrogen-bond acceptors (Lipinski definition) is 2. The molecule has 1 aromatic carbocycles. The van der Waals surface area contributed by atoms with Crippen molar-refractivity contribution in [2.24, 2.45) is 0 Å². The van der Waals surface area contributed by atoms with E-state index < -0.39 is 0 Å². The molecule has 0 heterocycles. The summed E-state index contributed by atoms with van der Waals surface area (Å²) in [6.07, 6.45) is 1.13. The van der Waals surface area contributed by atoms with E-state index in [-0.39, 0.29) is 44.3 Å². The van der Waals surface area contributed by atoms with E-state index in [2.05, 4.69) is 0 Å². The van der Waals surface area contributed by atoms with Gasteiger partial charge in [-0.1, -0.05) is 18.6 Å². The average Bonchev–Trinajstić information content (AvgIpc) is 2.30. The molecule has 3 heteroatoms. The Morgan fingerprint density at radius 2 is 1.33 bits per heavy atom. The summed E-state index contributed by atoms with van der Waals surface area (Å²) < 4.78 is 0. The van der Waals surface area contributed by atoms with Gasteiger partial charge in [0.1, 0.15) is 0 Å². The molecule has 0 aliphatic heterocycles. The molecule has 0 unspecified atom stereocenters. The van der Waals surface area contributed by atoms with Crippen molar-refractivity contribution in [1.82, 2.24) is 0 Å². The molecule has 12 heavy (non-hydrogen) atoms. The zero-order valence-corrected chi connectivity index (χ0v) is 9.12. The fraction of sp³-hybridized carbons (Fsp3) is 0. The van der Waals surface area contributed by atoms with Gasteiger partial charge in [0.25, 0.3) is 0 Å². The van der Waals surface area contributed by atoms with Gasteiger partial charge in [-0.15, -0.1) is 23.3 Å². The molecule has 1 aliphatic carbocycles.